The highest BCUT2D eigenvalue weighted by Gasteiger charge is 2.48. The van der Waals surface area contributed by atoms with E-state index in [0.717, 1.165) is 18.4 Å². The van der Waals surface area contributed by atoms with Crippen molar-refractivity contribution in [3.8, 4) is 0 Å². The molecule has 2 aliphatic heterocycles. The van der Waals surface area contributed by atoms with Crippen molar-refractivity contribution in [2.24, 2.45) is 5.92 Å². The number of benzene rings is 1. The molecule has 1 aromatic carbocycles. The van der Waals surface area contributed by atoms with Crippen LogP contribution in [0.25, 0.3) is 0 Å². The van der Waals surface area contributed by atoms with E-state index in [0.29, 0.717) is 25.3 Å². The maximum absolute atomic E-state index is 13.4. The van der Waals surface area contributed by atoms with Crippen molar-refractivity contribution in [1.29, 1.82) is 0 Å². The summed E-state index contributed by atoms with van der Waals surface area (Å²) in [7, 11) is 0. The van der Waals surface area contributed by atoms with Gasteiger partial charge in [-0.25, -0.2) is 0 Å². The van der Waals surface area contributed by atoms with E-state index < -0.39 is 12.1 Å². The first-order chi connectivity index (χ1) is 14.1. The number of fused-ring (bicyclic) bond motifs is 1. The Kier molecular flexibility index (Phi) is 9.90. The molecule has 0 aromatic heterocycles. The van der Waals surface area contributed by atoms with Crippen molar-refractivity contribution in [2.45, 2.75) is 69.6 Å². The summed E-state index contributed by atoms with van der Waals surface area (Å²) in [4.78, 5) is 40.0. The molecule has 172 valence electrons. The van der Waals surface area contributed by atoms with Gasteiger partial charge in [-0.1, -0.05) is 62.4 Å². The summed E-state index contributed by atoms with van der Waals surface area (Å²) >= 11 is 0. The van der Waals surface area contributed by atoms with Crippen LogP contribution in [0.1, 0.15) is 50.5 Å². The number of hydrogen-bond acceptors (Lipinski definition) is 4. The van der Waals surface area contributed by atoms with Gasteiger partial charge in [0, 0.05) is 6.54 Å². The third-order valence-electron chi connectivity index (χ3n) is 6.53. The molecule has 0 unspecified atom stereocenters. The van der Waals surface area contributed by atoms with Crippen molar-refractivity contribution in [2.75, 3.05) is 13.2 Å². The van der Waals surface area contributed by atoms with E-state index in [4.69, 9.17) is 4.74 Å². The SMILES string of the molecule is O=C(Cc1ccccc1)N[C@@H](CC1CCCCC1)C(=O)N1CC[C@H]2OCC(=O)[C@H]21.S.S. The zero-order valence-electron chi connectivity index (χ0n) is 17.8. The molecule has 2 heterocycles. The minimum absolute atomic E-state index is 0. The van der Waals surface area contributed by atoms with Gasteiger partial charge in [-0.3, -0.25) is 14.4 Å². The molecule has 0 spiro atoms. The number of carbonyl (C=O) groups is 3. The van der Waals surface area contributed by atoms with Crippen molar-refractivity contribution in [3.05, 3.63) is 35.9 Å². The second-order valence-electron chi connectivity index (χ2n) is 8.60. The van der Waals surface area contributed by atoms with Crippen LogP contribution in [0, 0.1) is 5.92 Å². The van der Waals surface area contributed by atoms with Gasteiger partial charge in [0.15, 0.2) is 5.78 Å². The Labute approximate surface area is 198 Å². The largest absolute Gasteiger partial charge is 0.368 e. The van der Waals surface area contributed by atoms with E-state index in [-0.39, 0.29) is 63.7 Å². The molecule has 6 nitrogen and oxygen atoms in total. The molecule has 3 aliphatic rings. The molecule has 8 heteroatoms. The first kappa shape index (κ1) is 25.7. The summed E-state index contributed by atoms with van der Waals surface area (Å²) in [6.45, 7) is 0.613. The number of nitrogens with zero attached hydrogens (tertiary/aromatic N) is 1. The van der Waals surface area contributed by atoms with Crippen LogP contribution in [-0.4, -0.2) is 53.8 Å². The highest BCUT2D eigenvalue weighted by molar-refractivity contribution is 7.59. The molecule has 0 radical (unpaired) electrons. The molecule has 1 N–H and O–H groups in total. The first-order valence-corrected chi connectivity index (χ1v) is 10.9. The Balaban J connectivity index is 0.00000171. The number of likely N-dealkylation sites (tertiary alicyclic amines) is 1. The average molecular weight is 467 g/mol. The summed E-state index contributed by atoms with van der Waals surface area (Å²) < 4.78 is 5.53. The van der Waals surface area contributed by atoms with Crippen LogP contribution >= 0.6 is 27.0 Å². The molecule has 0 bridgehead atoms. The number of ether oxygens (including phenoxy) is 1. The van der Waals surface area contributed by atoms with Crippen LogP contribution in [0.5, 0.6) is 0 Å². The molecule has 2 saturated heterocycles. The molecule has 1 aromatic rings. The Hall–Kier alpha value is -1.51. The predicted molar refractivity (Wildman–Crippen MR) is 129 cm³/mol. The van der Waals surface area contributed by atoms with Gasteiger partial charge in [0.25, 0.3) is 0 Å². The average Bonchev–Trinajstić information content (AvgIpc) is 3.31. The number of nitrogens with one attached hydrogen (secondary N) is 1. The van der Waals surface area contributed by atoms with Crippen LogP contribution in [0.4, 0.5) is 0 Å². The molecular weight excluding hydrogens is 432 g/mol. The van der Waals surface area contributed by atoms with Crippen LogP contribution in [-0.2, 0) is 25.5 Å². The monoisotopic (exact) mass is 466 g/mol. The lowest BCUT2D eigenvalue weighted by molar-refractivity contribution is -0.140. The lowest BCUT2D eigenvalue weighted by Crippen LogP contribution is -2.53. The molecule has 1 aliphatic carbocycles. The van der Waals surface area contributed by atoms with Gasteiger partial charge >= 0.3 is 0 Å². The lowest BCUT2D eigenvalue weighted by Gasteiger charge is -2.31. The van der Waals surface area contributed by atoms with Crippen LogP contribution < -0.4 is 5.32 Å². The third-order valence-corrected chi connectivity index (χ3v) is 6.53. The summed E-state index contributed by atoms with van der Waals surface area (Å²) in [5, 5.41) is 3.00. The van der Waals surface area contributed by atoms with Gasteiger partial charge in [0.05, 0.1) is 12.5 Å². The second kappa shape index (κ2) is 11.9. The number of rotatable bonds is 6. The Morgan fingerprint density at radius 3 is 2.48 bits per heavy atom. The highest BCUT2D eigenvalue weighted by atomic mass is 32.1. The van der Waals surface area contributed by atoms with E-state index >= 15 is 0 Å². The standard InChI is InChI=1S/C23H30N2O4.2H2S/c26-19-15-29-20-11-12-25(22(19)20)23(28)18(13-16-7-3-1-4-8-16)24-21(27)14-17-9-5-2-6-10-17;;/h2,5-6,9-10,16,18,20,22H,1,3-4,7-8,11-15H2,(H,24,27);2*1H2/t18-,20+,22+;;/m0../s1. The van der Waals surface area contributed by atoms with E-state index in [9.17, 15) is 14.4 Å². The van der Waals surface area contributed by atoms with Gasteiger partial charge in [0.1, 0.15) is 18.7 Å². The smallest absolute Gasteiger partial charge is 0.245 e. The summed E-state index contributed by atoms with van der Waals surface area (Å²) in [5.74, 6) is 0.162. The number of hydrogen-bond donors (Lipinski definition) is 1. The van der Waals surface area contributed by atoms with E-state index in [2.05, 4.69) is 5.32 Å². The van der Waals surface area contributed by atoms with Gasteiger partial charge in [-0.15, -0.1) is 0 Å². The van der Waals surface area contributed by atoms with Crippen LogP contribution in [0.3, 0.4) is 0 Å². The third kappa shape index (κ3) is 6.26. The molecule has 4 rings (SSSR count). The summed E-state index contributed by atoms with van der Waals surface area (Å²) in [6, 6.07) is 8.52. The number of ketones is 1. The number of amides is 2. The van der Waals surface area contributed by atoms with E-state index in [1.54, 1.807) is 4.90 Å². The Morgan fingerprint density at radius 1 is 1.06 bits per heavy atom. The van der Waals surface area contributed by atoms with Gasteiger partial charge in [-0.05, 0) is 24.3 Å². The fourth-order valence-corrected chi connectivity index (χ4v) is 5.05. The number of Topliss-reactive ketones (excluding diaryl/α,β-unsaturated/α-hetero) is 1. The van der Waals surface area contributed by atoms with Gasteiger partial charge < -0.3 is 15.0 Å². The van der Waals surface area contributed by atoms with Crippen molar-refractivity contribution < 1.29 is 19.1 Å². The lowest BCUT2D eigenvalue weighted by atomic mass is 9.84. The highest BCUT2D eigenvalue weighted by Crippen LogP contribution is 2.31. The van der Waals surface area contributed by atoms with Crippen molar-refractivity contribution in [1.82, 2.24) is 10.2 Å². The zero-order valence-corrected chi connectivity index (χ0v) is 19.8. The molecule has 3 fully saturated rings. The quantitative estimate of drug-likeness (QED) is 0.699. The molecular formula is C23H34N2O4S2. The van der Waals surface area contributed by atoms with Crippen LogP contribution in [0.2, 0.25) is 0 Å². The summed E-state index contributed by atoms with van der Waals surface area (Å²) in [6.07, 6.45) is 7.24. The minimum atomic E-state index is -0.568. The van der Waals surface area contributed by atoms with Gasteiger partial charge in [0.2, 0.25) is 11.8 Å². The molecule has 31 heavy (non-hydrogen) atoms. The number of carbonyl (C=O) groups excluding carboxylic acids is 3. The van der Waals surface area contributed by atoms with Gasteiger partial charge in [-0.2, -0.15) is 27.0 Å². The predicted octanol–water partition coefficient (Wildman–Crippen LogP) is 2.48. The Morgan fingerprint density at radius 2 is 1.77 bits per heavy atom. The molecule has 3 atom stereocenters. The fourth-order valence-electron chi connectivity index (χ4n) is 5.05. The summed E-state index contributed by atoms with van der Waals surface area (Å²) in [5.41, 5.74) is 0.925. The van der Waals surface area contributed by atoms with Crippen molar-refractivity contribution in [3.63, 3.8) is 0 Å². The van der Waals surface area contributed by atoms with E-state index in [1.165, 1.54) is 19.3 Å². The fraction of sp³-hybridized carbons (Fsp3) is 0.609. The first-order valence-electron chi connectivity index (χ1n) is 10.9. The topological polar surface area (TPSA) is 75.7 Å². The maximum atomic E-state index is 13.4. The van der Waals surface area contributed by atoms with Crippen LogP contribution in [0.15, 0.2) is 30.3 Å². The molecule has 1 saturated carbocycles. The normalized spacial score (nSPS) is 24.0. The second-order valence-corrected chi connectivity index (χ2v) is 8.60. The van der Waals surface area contributed by atoms with E-state index in [1.807, 2.05) is 30.3 Å². The maximum Gasteiger partial charge on any atom is 0.245 e. The molecule has 2 amide bonds. The zero-order chi connectivity index (χ0) is 20.2. The minimum Gasteiger partial charge on any atom is -0.368 e. The Bertz CT molecular complexity index is 755. The van der Waals surface area contributed by atoms with Crippen molar-refractivity contribution >= 4 is 44.6 Å².